The van der Waals surface area contributed by atoms with E-state index in [9.17, 15) is 5.11 Å². The zero-order valence-corrected chi connectivity index (χ0v) is 8.49. The molecule has 0 aliphatic rings. The van der Waals surface area contributed by atoms with Gasteiger partial charge < -0.3 is 15.4 Å². The molecule has 2 rings (SSSR count). The molecular formula is C11H13N3O. The lowest BCUT2D eigenvalue weighted by molar-refractivity contribution is 0.471. The number of benzene rings is 1. The molecular weight excluding hydrogens is 190 g/mol. The molecule has 15 heavy (non-hydrogen) atoms. The molecule has 0 amide bonds. The van der Waals surface area contributed by atoms with Gasteiger partial charge in [0.05, 0.1) is 18.6 Å². The number of anilines is 1. The van der Waals surface area contributed by atoms with E-state index in [1.165, 1.54) is 0 Å². The summed E-state index contributed by atoms with van der Waals surface area (Å²) in [5, 5.41) is 12.7. The van der Waals surface area contributed by atoms with Crippen LogP contribution in [-0.4, -0.2) is 15.1 Å². The van der Waals surface area contributed by atoms with Gasteiger partial charge in [-0.25, -0.2) is 4.98 Å². The number of H-pyrrole nitrogens is 1. The van der Waals surface area contributed by atoms with Gasteiger partial charge in [-0.05, 0) is 18.6 Å². The fourth-order valence-electron chi connectivity index (χ4n) is 1.30. The molecule has 0 unspecified atom stereocenters. The van der Waals surface area contributed by atoms with Gasteiger partial charge in [0.2, 0.25) is 0 Å². The highest BCUT2D eigenvalue weighted by atomic mass is 16.3. The van der Waals surface area contributed by atoms with Gasteiger partial charge in [0.1, 0.15) is 5.75 Å². The maximum atomic E-state index is 9.50. The Morgan fingerprint density at radius 3 is 3.00 bits per heavy atom. The Morgan fingerprint density at radius 2 is 2.33 bits per heavy atom. The first-order chi connectivity index (χ1) is 7.25. The summed E-state index contributed by atoms with van der Waals surface area (Å²) in [5.41, 5.74) is 2.78. The van der Waals surface area contributed by atoms with Crippen molar-refractivity contribution in [2.75, 3.05) is 5.32 Å². The first kappa shape index (κ1) is 9.58. The number of hydrogen-bond acceptors (Lipinski definition) is 3. The highest BCUT2D eigenvalue weighted by Crippen LogP contribution is 2.20. The van der Waals surface area contributed by atoms with Crippen LogP contribution in [0, 0.1) is 6.92 Å². The van der Waals surface area contributed by atoms with Crippen molar-refractivity contribution in [3.8, 4) is 5.75 Å². The Kier molecular flexibility index (Phi) is 2.58. The summed E-state index contributed by atoms with van der Waals surface area (Å²) >= 11 is 0. The molecule has 1 aromatic carbocycles. The zero-order valence-electron chi connectivity index (χ0n) is 8.49. The van der Waals surface area contributed by atoms with Crippen molar-refractivity contribution >= 4 is 5.69 Å². The summed E-state index contributed by atoms with van der Waals surface area (Å²) in [6, 6.07) is 5.53. The molecule has 0 spiro atoms. The minimum Gasteiger partial charge on any atom is -0.508 e. The quantitative estimate of drug-likeness (QED) is 0.715. The van der Waals surface area contributed by atoms with Gasteiger partial charge in [-0.2, -0.15) is 0 Å². The smallest absolute Gasteiger partial charge is 0.120 e. The van der Waals surface area contributed by atoms with E-state index in [-0.39, 0.29) is 0 Å². The number of hydrogen-bond donors (Lipinski definition) is 3. The average Bonchev–Trinajstić information content (AvgIpc) is 2.73. The summed E-state index contributed by atoms with van der Waals surface area (Å²) < 4.78 is 0. The Labute approximate surface area is 88.0 Å². The SMILES string of the molecule is Cc1ccc(NCc2cnc[nH]2)cc1O. The molecule has 0 aliphatic heterocycles. The molecule has 2 aromatic rings. The molecule has 0 radical (unpaired) electrons. The number of rotatable bonds is 3. The van der Waals surface area contributed by atoms with Crippen LogP contribution >= 0.6 is 0 Å². The van der Waals surface area contributed by atoms with Crippen LogP contribution in [0.4, 0.5) is 5.69 Å². The first-order valence-corrected chi connectivity index (χ1v) is 4.76. The van der Waals surface area contributed by atoms with Crippen molar-refractivity contribution in [3.05, 3.63) is 42.0 Å². The van der Waals surface area contributed by atoms with E-state index < -0.39 is 0 Å². The summed E-state index contributed by atoms with van der Waals surface area (Å²) in [6.07, 6.45) is 3.41. The molecule has 4 nitrogen and oxygen atoms in total. The number of aryl methyl sites for hydroxylation is 1. The third kappa shape index (κ3) is 2.28. The predicted octanol–water partition coefficient (Wildman–Crippen LogP) is 2.04. The summed E-state index contributed by atoms with van der Waals surface area (Å²) in [7, 11) is 0. The van der Waals surface area contributed by atoms with Crippen molar-refractivity contribution in [1.82, 2.24) is 9.97 Å². The molecule has 1 heterocycles. The molecule has 0 aliphatic carbocycles. The number of imidazole rings is 1. The Balaban J connectivity index is 2.02. The number of phenols is 1. The van der Waals surface area contributed by atoms with Crippen LogP contribution in [0.3, 0.4) is 0 Å². The van der Waals surface area contributed by atoms with Crippen molar-refractivity contribution in [1.29, 1.82) is 0 Å². The van der Waals surface area contributed by atoms with Gasteiger partial charge in [0.25, 0.3) is 0 Å². The number of nitrogens with zero attached hydrogens (tertiary/aromatic N) is 1. The minimum absolute atomic E-state index is 0.310. The highest BCUT2D eigenvalue weighted by molar-refractivity contribution is 5.50. The molecule has 0 fully saturated rings. The van der Waals surface area contributed by atoms with Gasteiger partial charge in [-0.3, -0.25) is 0 Å². The molecule has 1 aromatic heterocycles. The normalized spacial score (nSPS) is 10.2. The number of nitrogens with one attached hydrogen (secondary N) is 2. The molecule has 4 heteroatoms. The van der Waals surface area contributed by atoms with Crippen molar-refractivity contribution in [2.45, 2.75) is 13.5 Å². The lowest BCUT2D eigenvalue weighted by atomic mass is 10.2. The van der Waals surface area contributed by atoms with E-state index in [4.69, 9.17) is 0 Å². The lowest BCUT2D eigenvalue weighted by Gasteiger charge is -2.06. The van der Waals surface area contributed by atoms with Crippen LogP contribution in [0.25, 0.3) is 0 Å². The van der Waals surface area contributed by atoms with E-state index in [1.54, 1.807) is 18.6 Å². The topological polar surface area (TPSA) is 60.9 Å². The summed E-state index contributed by atoms with van der Waals surface area (Å²) in [5.74, 6) is 0.310. The van der Waals surface area contributed by atoms with Crippen LogP contribution in [0.5, 0.6) is 5.75 Å². The second-order valence-corrected chi connectivity index (χ2v) is 3.43. The highest BCUT2D eigenvalue weighted by Gasteiger charge is 1.98. The van der Waals surface area contributed by atoms with Crippen molar-refractivity contribution in [2.24, 2.45) is 0 Å². The molecule has 0 bridgehead atoms. The standard InChI is InChI=1S/C11H13N3O/c1-8-2-3-9(4-11(8)15)13-6-10-5-12-7-14-10/h2-5,7,13,15H,6H2,1H3,(H,12,14). The first-order valence-electron chi connectivity index (χ1n) is 4.76. The van der Waals surface area contributed by atoms with Crippen LogP contribution in [0.2, 0.25) is 0 Å². The fraction of sp³-hybridized carbons (Fsp3) is 0.182. The second-order valence-electron chi connectivity index (χ2n) is 3.43. The van der Waals surface area contributed by atoms with Gasteiger partial charge in [-0.15, -0.1) is 0 Å². The van der Waals surface area contributed by atoms with E-state index in [2.05, 4.69) is 15.3 Å². The van der Waals surface area contributed by atoms with Gasteiger partial charge in [0, 0.05) is 18.0 Å². The molecule has 78 valence electrons. The molecule has 0 saturated heterocycles. The van der Waals surface area contributed by atoms with Crippen LogP contribution in [0.15, 0.2) is 30.7 Å². The minimum atomic E-state index is 0.310. The van der Waals surface area contributed by atoms with Crippen LogP contribution in [-0.2, 0) is 6.54 Å². The molecule has 0 atom stereocenters. The summed E-state index contributed by atoms with van der Waals surface area (Å²) in [6.45, 7) is 2.54. The monoisotopic (exact) mass is 203 g/mol. The van der Waals surface area contributed by atoms with Crippen LogP contribution < -0.4 is 5.32 Å². The molecule has 3 N–H and O–H groups in total. The van der Waals surface area contributed by atoms with E-state index in [1.807, 2.05) is 19.1 Å². The molecule has 0 saturated carbocycles. The second kappa shape index (κ2) is 4.04. The number of aromatic nitrogens is 2. The van der Waals surface area contributed by atoms with Gasteiger partial charge in [0.15, 0.2) is 0 Å². The summed E-state index contributed by atoms with van der Waals surface area (Å²) in [4.78, 5) is 6.92. The van der Waals surface area contributed by atoms with E-state index >= 15 is 0 Å². The third-order valence-electron chi connectivity index (χ3n) is 2.25. The number of aromatic amines is 1. The van der Waals surface area contributed by atoms with Gasteiger partial charge in [-0.1, -0.05) is 6.07 Å². The largest absolute Gasteiger partial charge is 0.508 e. The third-order valence-corrected chi connectivity index (χ3v) is 2.25. The fourth-order valence-corrected chi connectivity index (χ4v) is 1.30. The number of aromatic hydroxyl groups is 1. The Bertz CT molecular complexity index is 437. The van der Waals surface area contributed by atoms with Crippen molar-refractivity contribution < 1.29 is 5.11 Å². The Hall–Kier alpha value is -1.97. The van der Waals surface area contributed by atoms with E-state index in [0.717, 1.165) is 16.9 Å². The van der Waals surface area contributed by atoms with Gasteiger partial charge >= 0.3 is 0 Å². The predicted molar refractivity (Wildman–Crippen MR) is 58.8 cm³/mol. The maximum absolute atomic E-state index is 9.50. The van der Waals surface area contributed by atoms with Crippen LogP contribution in [0.1, 0.15) is 11.3 Å². The lowest BCUT2D eigenvalue weighted by Crippen LogP contribution is -1.99. The zero-order chi connectivity index (χ0) is 10.7. The number of phenolic OH excluding ortho intramolecular Hbond substituents is 1. The average molecular weight is 203 g/mol. The van der Waals surface area contributed by atoms with Crippen molar-refractivity contribution in [3.63, 3.8) is 0 Å². The van der Waals surface area contributed by atoms with E-state index in [0.29, 0.717) is 12.3 Å². The maximum Gasteiger partial charge on any atom is 0.120 e. The Morgan fingerprint density at radius 1 is 1.47 bits per heavy atom.